The summed E-state index contributed by atoms with van der Waals surface area (Å²) in [5.74, 6) is 2.78. The van der Waals surface area contributed by atoms with Gasteiger partial charge in [0.15, 0.2) is 0 Å². The Kier molecular flexibility index (Phi) is 2.57. The summed E-state index contributed by atoms with van der Waals surface area (Å²) in [6.07, 6.45) is 7.32. The maximum atomic E-state index is 11.1. The Bertz CT molecular complexity index is 461. The minimum absolute atomic E-state index is 0.386. The molecule has 4 bridgehead atoms. The van der Waals surface area contributed by atoms with Crippen LogP contribution in [0.3, 0.4) is 0 Å². The van der Waals surface area contributed by atoms with Gasteiger partial charge >= 0.3 is 0 Å². The summed E-state index contributed by atoms with van der Waals surface area (Å²) in [7, 11) is 0. The molecule has 0 saturated heterocycles. The highest BCUT2D eigenvalue weighted by atomic mass is 16.3. The van der Waals surface area contributed by atoms with Crippen LogP contribution < -0.4 is 0 Å². The van der Waals surface area contributed by atoms with E-state index in [-0.39, 0.29) is 5.60 Å². The maximum Gasteiger partial charge on any atom is 0.0723 e. The number of aliphatic hydroxyl groups is 1. The second kappa shape index (κ2) is 4.09. The summed E-state index contributed by atoms with van der Waals surface area (Å²) >= 11 is 0. The Morgan fingerprint density at radius 3 is 2.21 bits per heavy atom. The van der Waals surface area contributed by atoms with Gasteiger partial charge in [-0.1, -0.05) is 31.2 Å². The van der Waals surface area contributed by atoms with Crippen molar-refractivity contribution in [2.75, 3.05) is 0 Å². The predicted molar refractivity (Wildman–Crippen MR) is 77.1 cm³/mol. The van der Waals surface area contributed by atoms with Gasteiger partial charge in [0.05, 0.1) is 5.60 Å². The standard InChI is InChI=1S/C18H24O/c1-2-12-3-5-15(6-4-12)17-16-8-13-7-14(9-16)11-18(17,19)10-13/h3-6,13-14,16-17,19H,2,7-11H2,1H3. The van der Waals surface area contributed by atoms with E-state index in [1.807, 2.05) is 0 Å². The van der Waals surface area contributed by atoms with Crippen molar-refractivity contribution in [3.05, 3.63) is 35.4 Å². The molecule has 0 spiro atoms. The molecule has 1 nitrogen and oxygen atoms in total. The van der Waals surface area contributed by atoms with Crippen molar-refractivity contribution in [2.45, 2.75) is 57.0 Å². The summed E-state index contributed by atoms with van der Waals surface area (Å²) in [6.45, 7) is 2.20. The van der Waals surface area contributed by atoms with Gasteiger partial charge in [-0.15, -0.1) is 0 Å². The van der Waals surface area contributed by atoms with Gasteiger partial charge in [-0.25, -0.2) is 0 Å². The molecule has 0 aromatic heterocycles. The van der Waals surface area contributed by atoms with Crippen LogP contribution >= 0.6 is 0 Å². The lowest BCUT2D eigenvalue weighted by Gasteiger charge is -2.59. The molecule has 5 rings (SSSR count). The highest BCUT2D eigenvalue weighted by molar-refractivity contribution is 5.31. The molecule has 0 amide bonds. The second-order valence-corrected chi connectivity index (χ2v) is 7.28. The molecule has 1 aromatic rings. The second-order valence-electron chi connectivity index (χ2n) is 7.28. The number of benzene rings is 1. The smallest absolute Gasteiger partial charge is 0.0723 e. The van der Waals surface area contributed by atoms with E-state index in [0.717, 1.165) is 37.0 Å². The first-order chi connectivity index (χ1) is 9.18. The number of aryl methyl sites for hydroxylation is 1. The Morgan fingerprint density at radius 2 is 1.68 bits per heavy atom. The third-order valence-electron chi connectivity index (χ3n) is 6.02. The molecule has 4 aliphatic rings. The summed E-state index contributed by atoms with van der Waals surface area (Å²) in [5.41, 5.74) is 2.41. The highest BCUT2D eigenvalue weighted by Gasteiger charge is 2.56. The van der Waals surface area contributed by atoms with Crippen LogP contribution in [0.25, 0.3) is 0 Å². The quantitative estimate of drug-likeness (QED) is 0.850. The summed E-state index contributed by atoms with van der Waals surface area (Å²) in [4.78, 5) is 0. The first-order valence-corrected chi connectivity index (χ1v) is 7.99. The average Bonchev–Trinajstić information content (AvgIpc) is 2.37. The van der Waals surface area contributed by atoms with E-state index in [9.17, 15) is 5.11 Å². The first-order valence-electron chi connectivity index (χ1n) is 7.99. The van der Waals surface area contributed by atoms with E-state index < -0.39 is 0 Å². The third-order valence-corrected chi connectivity index (χ3v) is 6.02. The van der Waals surface area contributed by atoms with Gasteiger partial charge in [0.1, 0.15) is 0 Å². The largest absolute Gasteiger partial charge is 0.389 e. The molecule has 0 radical (unpaired) electrons. The Labute approximate surface area is 116 Å². The van der Waals surface area contributed by atoms with E-state index in [0.29, 0.717) is 5.92 Å². The van der Waals surface area contributed by atoms with Crippen molar-refractivity contribution < 1.29 is 5.11 Å². The van der Waals surface area contributed by atoms with Crippen molar-refractivity contribution in [3.63, 3.8) is 0 Å². The first kappa shape index (κ1) is 12.0. The number of rotatable bonds is 2. The lowest BCUT2D eigenvalue weighted by molar-refractivity contribution is -0.143. The van der Waals surface area contributed by atoms with Crippen LogP contribution in [0.5, 0.6) is 0 Å². The molecule has 3 unspecified atom stereocenters. The number of hydrogen-bond acceptors (Lipinski definition) is 1. The van der Waals surface area contributed by atoms with E-state index >= 15 is 0 Å². The molecule has 0 aliphatic heterocycles. The normalized spacial score (nSPS) is 43.7. The fourth-order valence-electron chi connectivity index (χ4n) is 5.54. The minimum Gasteiger partial charge on any atom is -0.389 e. The van der Waals surface area contributed by atoms with Crippen LogP contribution in [0.1, 0.15) is 56.1 Å². The van der Waals surface area contributed by atoms with Crippen LogP contribution in [0.2, 0.25) is 0 Å². The number of hydrogen-bond donors (Lipinski definition) is 1. The molecule has 19 heavy (non-hydrogen) atoms. The molecule has 4 aliphatic carbocycles. The van der Waals surface area contributed by atoms with E-state index in [2.05, 4.69) is 31.2 Å². The third kappa shape index (κ3) is 1.78. The van der Waals surface area contributed by atoms with Crippen molar-refractivity contribution in [1.82, 2.24) is 0 Å². The highest BCUT2D eigenvalue weighted by Crippen LogP contribution is 2.61. The van der Waals surface area contributed by atoms with E-state index in [1.54, 1.807) is 0 Å². The zero-order valence-electron chi connectivity index (χ0n) is 11.8. The van der Waals surface area contributed by atoms with Gasteiger partial charge in [0.25, 0.3) is 0 Å². The minimum atomic E-state index is -0.386. The molecule has 0 heterocycles. The fraction of sp³-hybridized carbons (Fsp3) is 0.667. The molecule has 102 valence electrons. The van der Waals surface area contributed by atoms with Crippen molar-refractivity contribution in [1.29, 1.82) is 0 Å². The van der Waals surface area contributed by atoms with Gasteiger partial charge in [-0.3, -0.25) is 0 Å². The summed E-state index contributed by atoms with van der Waals surface area (Å²) in [6, 6.07) is 9.07. The Balaban J connectivity index is 1.69. The van der Waals surface area contributed by atoms with Crippen LogP contribution in [0, 0.1) is 17.8 Å². The average molecular weight is 256 g/mol. The van der Waals surface area contributed by atoms with Gasteiger partial charge in [-0.2, -0.15) is 0 Å². The fourth-order valence-corrected chi connectivity index (χ4v) is 5.54. The van der Waals surface area contributed by atoms with Gasteiger partial charge < -0.3 is 5.11 Å². The van der Waals surface area contributed by atoms with E-state index in [1.165, 1.54) is 30.4 Å². The van der Waals surface area contributed by atoms with Crippen molar-refractivity contribution in [3.8, 4) is 0 Å². The SMILES string of the molecule is CCc1ccc(C2C3CC4CC(C3)CC2(O)C4)cc1. The van der Waals surface area contributed by atoms with Gasteiger partial charge in [0.2, 0.25) is 0 Å². The van der Waals surface area contributed by atoms with Gasteiger partial charge in [0, 0.05) is 5.92 Å². The molecule has 1 heteroatoms. The Hall–Kier alpha value is -0.820. The van der Waals surface area contributed by atoms with Crippen LogP contribution in [0.15, 0.2) is 24.3 Å². The van der Waals surface area contributed by atoms with Crippen LogP contribution in [-0.4, -0.2) is 10.7 Å². The van der Waals surface area contributed by atoms with Crippen molar-refractivity contribution in [2.24, 2.45) is 17.8 Å². The lowest BCUT2D eigenvalue weighted by Crippen LogP contribution is -2.55. The Morgan fingerprint density at radius 1 is 1.05 bits per heavy atom. The van der Waals surface area contributed by atoms with E-state index in [4.69, 9.17) is 0 Å². The monoisotopic (exact) mass is 256 g/mol. The molecular formula is C18H24O. The lowest BCUT2D eigenvalue weighted by atomic mass is 9.48. The molecule has 1 N–H and O–H groups in total. The topological polar surface area (TPSA) is 20.2 Å². The van der Waals surface area contributed by atoms with Crippen LogP contribution in [-0.2, 0) is 6.42 Å². The molecule has 4 saturated carbocycles. The molecule has 1 aromatic carbocycles. The molecule has 4 fully saturated rings. The predicted octanol–water partition coefficient (Wildman–Crippen LogP) is 3.90. The van der Waals surface area contributed by atoms with Crippen molar-refractivity contribution >= 4 is 0 Å². The zero-order valence-corrected chi connectivity index (χ0v) is 11.8. The molecule has 3 atom stereocenters. The summed E-state index contributed by atoms with van der Waals surface area (Å²) in [5, 5.41) is 11.1. The maximum absolute atomic E-state index is 11.1. The van der Waals surface area contributed by atoms with Crippen LogP contribution in [0.4, 0.5) is 0 Å². The summed E-state index contributed by atoms with van der Waals surface area (Å²) < 4.78 is 0. The zero-order chi connectivity index (χ0) is 13.0. The molecular weight excluding hydrogens is 232 g/mol. The van der Waals surface area contributed by atoms with Gasteiger partial charge in [-0.05, 0) is 67.4 Å².